The van der Waals surface area contributed by atoms with E-state index in [1.54, 1.807) is 36.1 Å². The molecule has 0 saturated carbocycles. The number of pyridine rings is 2. The molecular formula is C19H18F3N5O3. The number of aliphatic hydroxyl groups is 1. The molecule has 1 fully saturated rings. The van der Waals surface area contributed by atoms with Crippen LogP contribution in [0.15, 0.2) is 30.7 Å². The van der Waals surface area contributed by atoms with Gasteiger partial charge in [-0.1, -0.05) is 0 Å². The first-order valence-corrected chi connectivity index (χ1v) is 9.15. The van der Waals surface area contributed by atoms with Crippen molar-refractivity contribution in [3.63, 3.8) is 0 Å². The van der Waals surface area contributed by atoms with Gasteiger partial charge in [-0.2, -0.15) is 18.3 Å². The van der Waals surface area contributed by atoms with Gasteiger partial charge in [-0.05, 0) is 24.6 Å². The lowest BCUT2D eigenvalue weighted by molar-refractivity contribution is -0.154. The number of nitrogens with zero attached hydrogens (tertiary/aromatic N) is 5. The second kappa shape index (κ2) is 7.56. The Bertz CT molecular complexity index is 1100. The highest BCUT2D eigenvalue weighted by molar-refractivity contribution is 6.02. The van der Waals surface area contributed by atoms with E-state index in [9.17, 15) is 23.1 Å². The van der Waals surface area contributed by atoms with E-state index in [1.165, 1.54) is 11.1 Å². The molecule has 8 nitrogen and oxygen atoms in total. The molecule has 1 amide bonds. The lowest BCUT2D eigenvalue weighted by Gasteiger charge is -2.14. The van der Waals surface area contributed by atoms with Crippen LogP contribution >= 0.6 is 0 Å². The minimum absolute atomic E-state index is 0.0555. The van der Waals surface area contributed by atoms with Crippen molar-refractivity contribution in [1.82, 2.24) is 19.7 Å². The Labute approximate surface area is 168 Å². The number of β-amino-alcohol motifs (C(OH)–C–C–N with tert-alkyl or cyclic N) is 1. The third kappa shape index (κ3) is 4.20. The molecule has 1 saturated heterocycles. The van der Waals surface area contributed by atoms with Gasteiger partial charge in [0, 0.05) is 24.2 Å². The Morgan fingerprint density at radius 1 is 1.33 bits per heavy atom. The van der Waals surface area contributed by atoms with Crippen LogP contribution in [-0.4, -0.2) is 56.2 Å². The van der Waals surface area contributed by atoms with E-state index in [-0.39, 0.29) is 24.8 Å². The first-order valence-electron chi connectivity index (χ1n) is 9.15. The molecule has 1 aliphatic heterocycles. The van der Waals surface area contributed by atoms with Gasteiger partial charge in [0.15, 0.2) is 6.61 Å². The molecule has 0 bridgehead atoms. The van der Waals surface area contributed by atoms with Crippen molar-refractivity contribution in [3.05, 3.63) is 41.9 Å². The zero-order valence-electron chi connectivity index (χ0n) is 15.9. The maximum atomic E-state index is 12.3. The smallest absolute Gasteiger partial charge is 0.422 e. The maximum Gasteiger partial charge on any atom is 0.422 e. The molecule has 3 aromatic rings. The van der Waals surface area contributed by atoms with Gasteiger partial charge in [-0.15, -0.1) is 0 Å². The number of fused-ring (bicyclic) bond motifs is 1. The van der Waals surface area contributed by atoms with Gasteiger partial charge in [0.05, 0.1) is 36.5 Å². The lowest BCUT2D eigenvalue weighted by atomic mass is 10.2. The van der Waals surface area contributed by atoms with Crippen LogP contribution in [0.3, 0.4) is 0 Å². The molecule has 4 heterocycles. The van der Waals surface area contributed by atoms with Crippen LogP contribution in [0.5, 0.6) is 5.88 Å². The number of anilines is 1. The van der Waals surface area contributed by atoms with E-state index in [1.807, 2.05) is 0 Å². The fourth-order valence-corrected chi connectivity index (χ4v) is 3.36. The zero-order chi connectivity index (χ0) is 21.5. The van der Waals surface area contributed by atoms with Crippen molar-refractivity contribution in [2.45, 2.75) is 32.2 Å². The van der Waals surface area contributed by atoms with Crippen LogP contribution in [0.2, 0.25) is 0 Å². The van der Waals surface area contributed by atoms with Gasteiger partial charge in [-0.25, -0.2) is 9.97 Å². The summed E-state index contributed by atoms with van der Waals surface area (Å²) in [5.74, 6) is 0.161. The molecule has 0 aromatic carbocycles. The highest BCUT2D eigenvalue weighted by Crippen LogP contribution is 2.28. The van der Waals surface area contributed by atoms with E-state index in [0.717, 1.165) is 5.56 Å². The first kappa shape index (κ1) is 20.1. The number of rotatable bonds is 5. The number of aliphatic hydroxyl groups excluding tert-OH is 1. The Morgan fingerprint density at radius 2 is 2.13 bits per heavy atom. The number of hydrogen-bond donors (Lipinski definition) is 1. The number of halogens is 3. The fourth-order valence-electron chi connectivity index (χ4n) is 3.36. The zero-order valence-corrected chi connectivity index (χ0v) is 15.9. The lowest BCUT2D eigenvalue weighted by Crippen LogP contribution is -2.26. The summed E-state index contributed by atoms with van der Waals surface area (Å²) in [5, 5.41) is 14.9. The SMILES string of the molecule is Cc1cc(Cn2cc3c(N4CC(O)CC4=O)nccc3n2)cnc1OCC(F)(F)F. The molecule has 1 unspecified atom stereocenters. The van der Waals surface area contributed by atoms with Crippen LogP contribution in [0.4, 0.5) is 19.0 Å². The third-order valence-corrected chi connectivity index (χ3v) is 4.62. The van der Waals surface area contributed by atoms with Gasteiger partial charge in [0.1, 0.15) is 5.82 Å². The Kier molecular flexibility index (Phi) is 5.06. The minimum atomic E-state index is -4.43. The number of carbonyl (C=O) groups excluding carboxylic acids is 1. The number of aromatic nitrogens is 4. The van der Waals surface area contributed by atoms with Crippen molar-refractivity contribution < 1.29 is 27.8 Å². The van der Waals surface area contributed by atoms with Gasteiger partial charge >= 0.3 is 6.18 Å². The second-order valence-electron chi connectivity index (χ2n) is 7.13. The Hall–Kier alpha value is -3.21. The second-order valence-corrected chi connectivity index (χ2v) is 7.13. The van der Waals surface area contributed by atoms with Gasteiger partial charge < -0.3 is 9.84 Å². The van der Waals surface area contributed by atoms with Gasteiger partial charge in [0.25, 0.3) is 0 Å². The summed E-state index contributed by atoms with van der Waals surface area (Å²) in [6.45, 7) is 0.718. The van der Waals surface area contributed by atoms with E-state index in [2.05, 4.69) is 15.1 Å². The number of hydrogen-bond acceptors (Lipinski definition) is 6. The number of amides is 1. The van der Waals surface area contributed by atoms with Gasteiger partial charge in [0.2, 0.25) is 11.8 Å². The normalized spacial score (nSPS) is 17.2. The molecule has 4 rings (SSSR count). The third-order valence-electron chi connectivity index (χ3n) is 4.62. The van der Waals surface area contributed by atoms with Crippen molar-refractivity contribution in [1.29, 1.82) is 0 Å². The standard InChI is InChI=1S/C19H18F3N5O3/c1-11-4-12(6-24-18(11)30-10-19(20,21)22)7-26-9-14-15(25-26)2-3-23-17(14)27-8-13(28)5-16(27)29/h2-4,6,9,13,28H,5,7-8,10H2,1H3. The molecule has 11 heteroatoms. The molecule has 1 aliphatic rings. The van der Waals surface area contributed by atoms with Crippen molar-refractivity contribution >= 4 is 22.6 Å². The average molecular weight is 421 g/mol. The quantitative estimate of drug-likeness (QED) is 0.679. The van der Waals surface area contributed by atoms with Crippen LogP contribution in [0.1, 0.15) is 17.5 Å². The molecule has 3 aromatic heterocycles. The summed E-state index contributed by atoms with van der Waals surface area (Å²) in [6.07, 6.45) is -0.383. The number of ether oxygens (including phenoxy) is 1. The summed E-state index contributed by atoms with van der Waals surface area (Å²) in [6, 6.07) is 3.40. The molecule has 0 aliphatic carbocycles. The predicted molar refractivity (Wildman–Crippen MR) is 100 cm³/mol. The highest BCUT2D eigenvalue weighted by Gasteiger charge is 2.31. The van der Waals surface area contributed by atoms with Crippen LogP contribution in [0.25, 0.3) is 10.9 Å². The molecule has 0 spiro atoms. The summed E-state index contributed by atoms with van der Waals surface area (Å²) < 4.78 is 43.3. The van der Waals surface area contributed by atoms with E-state index in [0.29, 0.717) is 28.8 Å². The van der Waals surface area contributed by atoms with Crippen molar-refractivity contribution in [3.8, 4) is 5.88 Å². The molecular weight excluding hydrogens is 403 g/mol. The van der Waals surface area contributed by atoms with Crippen molar-refractivity contribution in [2.24, 2.45) is 0 Å². The summed E-state index contributed by atoms with van der Waals surface area (Å²) in [5.41, 5.74) is 1.83. The number of alkyl halides is 3. The fraction of sp³-hybridized carbons (Fsp3) is 0.368. The predicted octanol–water partition coefficient (Wildman–Crippen LogP) is 2.22. The first-order chi connectivity index (χ1) is 14.2. The highest BCUT2D eigenvalue weighted by atomic mass is 19.4. The Morgan fingerprint density at radius 3 is 2.80 bits per heavy atom. The van der Waals surface area contributed by atoms with Crippen LogP contribution in [0, 0.1) is 6.92 Å². The average Bonchev–Trinajstić information content (AvgIpc) is 3.21. The molecule has 30 heavy (non-hydrogen) atoms. The van der Waals surface area contributed by atoms with E-state index < -0.39 is 18.9 Å². The van der Waals surface area contributed by atoms with E-state index >= 15 is 0 Å². The molecule has 0 radical (unpaired) electrons. The Balaban J connectivity index is 1.55. The van der Waals surface area contributed by atoms with Crippen LogP contribution < -0.4 is 9.64 Å². The molecule has 158 valence electrons. The number of aryl methyl sites for hydroxylation is 1. The summed E-state index contributed by atoms with van der Waals surface area (Å²) in [4.78, 5) is 21.8. The number of carbonyl (C=O) groups is 1. The largest absolute Gasteiger partial charge is 0.468 e. The van der Waals surface area contributed by atoms with Gasteiger partial charge in [-0.3, -0.25) is 14.4 Å². The van der Waals surface area contributed by atoms with Crippen molar-refractivity contribution in [2.75, 3.05) is 18.1 Å². The maximum absolute atomic E-state index is 12.3. The monoisotopic (exact) mass is 421 g/mol. The van der Waals surface area contributed by atoms with Crippen LogP contribution in [-0.2, 0) is 11.3 Å². The van der Waals surface area contributed by atoms with E-state index in [4.69, 9.17) is 4.74 Å². The summed E-state index contributed by atoms with van der Waals surface area (Å²) in [7, 11) is 0. The topological polar surface area (TPSA) is 93.4 Å². The minimum Gasteiger partial charge on any atom is -0.468 e. The summed E-state index contributed by atoms with van der Waals surface area (Å²) >= 11 is 0. The molecule has 1 N–H and O–H groups in total. The molecule has 1 atom stereocenters.